The van der Waals surface area contributed by atoms with E-state index in [2.05, 4.69) is 29.9 Å². The number of rotatable bonds is 7. The molecule has 0 unspecified atom stereocenters. The fourth-order valence-corrected chi connectivity index (χ4v) is 5.93. The molecule has 0 aliphatic carbocycles. The molecule has 0 radical (unpaired) electrons. The minimum Gasteiger partial charge on any atom is -0.508 e. The van der Waals surface area contributed by atoms with E-state index in [1.165, 1.54) is 95.3 Å². The lowest BCUT2D eigenvalue weighted by Crippen LogP contribution is -2.03. The number of benzene rings is 5. The van der Waals surface area contributed by atoms with Crippen LogP contribution < -0.4 is 4.74 Å². The molecule has 0 spiro atoms. The predicted octanol–water partition coefficient (Wildman–Crippen LogP) is 7.08. The van der Waals surface area contributed by atoms with Crippen molar-refractivity contribution in [2.45, 2.75) is 34.6 Å². The fraction of sp³-hybridized carbons (Fsp3) is 0.122. The van der Waals surface area contributed by atoms with Crippen LogP contribution in [0.2, 0.25) is 0 Å². The molecule has 0 aliphatic heterocycles. The number of aromatic nitrogens is 6. The van der Waals surface area contributed by atoms with E-state index in [4.69, 9.17) is 4.74 Å². The van der Waals surface area contributed by atoms with Crippen LogP contribution in [0, 0.1) is 34.6 Å². The van der Waals surface area contributed by atoms with Crippen LogP contribution in [0.1, 0.15) is 27.8 Å². The van der Waals surface area contributed by atoms with Crippen molar-refractivity contribution in [2.24, 2.45) is 0 Å². The third-order valence-corrected chi connectivity index (χ3v) is 9.65. The maximum Gasteiger partial charge on any atom is 0.326 e. The summed E-state index contributed by atoms with van der Waals surface area (Å²) in [6.45, 7) is 7.54. The zero-order chi connectivity index (χ0) is 41.0. The van der Waals surface area contributed by atoms with Crippen LogP contribution in [-0.2, 0) is 0 Å². The highest BCUT2D eigenvalue weighted by molar-refractivity contribution is 5.77. The predicted molar refractivity (Wildman–Crippen MR) is 206 cm³/mol. The van der Waals surface area contributed by atoms with Crippen molar-refractivity contribution in [3.8, 4) is 120 Å². The minimum atomic E-state index is -0.346. The molecule has 9 N–H and O–H groups in total. The SMILES string of the molecule is Cc1c(O)ccc(-c2nc(Oc3ccc(-c4nc(-c5ccc(O)c(C)c5O)nc(-c5ccc(O)c(C)c5O)n4)c(O)c3C)nc(-c3ccc(O)c(C)c3O)n2)c1O. The number of phenolic OH excluding ortho intramolecular Hbond substituents is 9. The van der Waals surface area contributed by atoms with Gasteiger partial charge in [-0.25, -0.2) is 19.9 Å². The molecule has 0 saturated heterocycles. The summed E-state index contributed by atoms with van der Waals surface area (Å²) in [7, 11) is 0. The van der Waals surface area contributed by atoms with Gasteiger partial charge in [-0.3, -0.25) is 0 Å². The normalized spacial score (nSPS) is 11.2. The van der Waals surface area contributed by atoms with Crippen molar-refractivity contribution in [3.63, 3.8) is 0 Å². The standard InChI is InChI=1S/C41H34N6O10/c1-16-26(48)11-6-21(31(16)52)36-42-37(22-7-12-27(49)17(2)32(22)53)44-38(43-36)25-10-15-30(20(5)35(25)56)57-41-46-39(23-8-13-28(50)18(3)33(23)54)45-40(47-41)24-9-14-29(51)19(4)34(24)55/h6-15,48-56H,1-5H3. The molecular formula is C41H34N6O10. The van der Waals surface area contributed by atoms with Gasteiger partial charge >= 0.3 is 6.01 Å². The first-order valence-electron chi connectivity index (χ1n) is 17.2. The molecule has 288 valence electrons. The molecule has 7 rings (SSSR count). The molecule has 2 heterocycles. The van der Waals surface area contributed by atoms with Crippen LogP contribution in [0.3, 0.4) is 0 Å². The van der Waals surface area contributed by atoms with Crippen molar-refractivity contribution in [2.75, 3.05) is 0 Å². The van der Waals surface area contributed by atoms with Crippen molar-refractivity contribution < 1.29 is 50.7 Å². The first kappa shape index (κ1) is 37.4. The largest absolute Gasteiger partial charge is 0.508 e. The lowest BCUT2D eigenvalue weighted by atomic mass is 10.1. The Labute approximate surface area is 323 Å². The number of phenols is 9. The second-order valence-corrected chi connectivity index (χ2v) is 13.2. The topological polar surface area (TPSA) is 269 Å². The highest BCUT2D eigenvalue weighted by Crippen LogP contribution is 2.43. The smallest absolute Gasteiger partial charge is 0.326 e. The van der Waals surface area contributed by atoms with Gasteiger partial charge in [0.05, 0.1) is 27.8 Å². The van der Waals surface area contributed by atoms with Gasteiger partial charge in [-0.2, -0.15) is 9.97 Å². The summed E-state index contributed by atoms with van der Waals surface area (Å²) in [5.41, 5.74) is 1.34. The summed E-state index contributed by atoms with van der Waals surface area (Å²) in [4.78, 5) is 26.8. The third kappa shape index (κ3) is 6.54. The molecule has 57 heavy (non-hydrogen) atoms. The van der Waals surface area contributed by atoms with Gasteiger partial charge in [-0.1, -0.05) is 0 Å². The van der Waals surface area contributed by atoms with Crippen LogP contribution in [-0.4, -0.2) is 75.9 Å². The zero-order valence-electron chi connectivity index (χ0n) is 30.9. The Balaban J connectivity index is 1.36. The Bertz CT molecular complexity index is 2640. The lowest BCUT2D eigenvalue weighted by molar-refractivity contribution is 0.424. The van der Waals surface area contributed by atoms with E-state index in [-0.39, 0.29) is 148 Å². The average molecular weight is 771 g/mol. The molecule has 0 saturated carbocycles. The first-order chi connectivity index (χ1) is 27.0. The summed E-state index contributed by atoms with van der Waals surface area (Å²) in [5, 5.41) is 96.0. The highest BCUT2D eigenvalue weighted by atomic mass is 16.5. The maximum atomic E-state index is 11.6. The number of hydrogen-bond acceptors (Lipinski definition) is 16. The molecule has 2 aromatic heterocycles. The molecule has 0 amide bonds. The fourth-order valence-electron chi connectivity index (χ4n) is 5.93. The van der Waals surface area contributed by atoms with Gasteiger partial charge in [0.25, 0.3) is 0 Å². The number of hydrogen-bond donors (Lipinski definition) is 9. The van der Waals surface area contributed by atoms with Gasteiger partial charge in [0.2, 0.25) is 0 Å². The van der Waals surface area contributed by atoms with Gasteiger partial charge in [-0.05, 0) is 95.3 Å². The minimum absolute atomic E-state index is 0.0599. The van der Waals surface area contributed by atoms with Crippen LogP contribution in [0.15, 0.2) is 60.7 Å². The molecule has 0 fully saturated rings. The second kappa shape index (κ2) is 14.1. The lowest BCUT2D eigenvalue weighted by Gasteiger charge is -2.15. The Morgan fingerprint density at radius 1 is 0.316 bits per heavy atom. The Morgan fingerprint density at radius 3 is 0.860 bits per heavy atom. The third-order valence-electron chi connectivity index (χ3n) is 9.65. The van der Waals surface area contributed by atoms with Gasteiger partial charge in [0.15, 0.2) is 29.1 Å². The average Bonchev–Trinajstić information content (AvgIpc) is 3.19. The van der Waals surface area contributed by atoms with Gasteiger partial charge in [-0.15, -0.1) is 0 Å². The van der Waals surface area contributed by atoms with Crippen LogP contribution in [0.25, 0.3) is 56.9 Å². The quantitative estimate of drug-likeness (QED) is 0.0783. The summed E-state index contributed by atoms with van der Waals surface area (Å²) in [6, 6.07) is 13.6. The summed E-state index contributed by atoms with van der Waals surface area (Å²) in [6.07, 6.45) is 0. The van der Waals surface area contributed by atoms with Crippen molar-refractivity contribution >= 4 is 0 Å². The van der Waals surface area contributed by atoms with Gasteiger partial charge in [0.1, 0.15) is 57.5 Å². The highest BCUT2D eigenvalue weighted by Gasteiger charge is 2.24. The molecule has 5 aromatic carbocycles. The molecule has 0 atom stereocenters. The van der Waals surface area contributed by atoms with E-state index >= 15 is 0 Å². The van der Waals surface area contributed by atoms with E-state index in [9.17, 15) is 46.0 Å². The molecule has 0 bridgehead atoms. The summed E-state index contributed by atoms with van der Waals surface area (Å²) >= 11 is 0. The van der Waals surface area contributed by atoms with E-state index in [1.807, 2.05) is 0 Å². The van der Waals surface area contributed by atoms with E-state index in [0.29, 0.717) is 0 Å². The van der Waals surface area contributed by atoms with Gasteiger partial charge < -0.3 is 50.7 Å². The maximum absolute atomic E-state index is 11.6. The monoisotopic (exact) mass is 770 g/mol. The zero-order valence-corrected chi connectivity index (χ0v) is 30.9. The van der Waals surface area contributed by atoms with Crippen LogP contribution in [0.5, 0.6) is 63.5 Å². The van der Waals surface area contributed by atoms with Crippen LogP contribution in [0.4, 0.5) is 0 Å². The van der Waals surface area contributed by atoms with E-state index in [0.717, 1.165) is 0 Å². The number of aromatic hydroxyl groups is 9. The Hall–Kier alpha value is -7.88. The molecule has 7 aromatic rings. The number of nitrogens with zero attached hydrogens (tertiary/aromatic N) is 6. The molecule has 16 nitrogen and oxygen atoms in total. The molecular weight excluding hydrogens is 736 g/mol. The first-order valence-corrected chi connectivity index (χ1v) is 17.2. The van der Waals surface area contributed by atoms with Crippen molar-refractivity contribution in [1.29, 1.82) is 0 Å². The Morgan fingerprint density at radius 2 is 0.561 bits per heavy atom. The van der Waals surface area contributed by atoms with Crippen LogP contribution >= 0.6 is 0 Å². The molecule has 16 heteroatoms. The van der Waals surface area contributed by atoms with Crippen molar-refractivity contribution in [3.05, 3.63) is 88.5 Å². The number of ether oxygens (including phenoxy) is 1. The Kier molecular flexibility index (Phi) is 9.25. The van der Waals surface area contributed by atoms with E-state index < -0.39 is 0 Å². The second-order valence-electron chi connectivity index (χ2n) is 13.2. The molecule has 0 aliphatic rings. The van der Waals surface area contributed by atoms with E-state index in [1.54, 1.807) is 0 Å². The summed E-state index contributed by atoms with van der Waals surface area (Å²) < 4.78 is 6.11. The van der Waals surface area contributed by atoms with Crippen molar-refractivity contribution in [1.82, 2.24) is 29.9 Å². The summed E-state index contributed by atoms with van der Waals surface area (Å²) in [5.74, 6) is -2.59. The van der Waals surface area contributed by atoms with Gasteiger partial charge in [0, 0.05) is 27.8 Å².